The number of halogens is 1. The Kier molecular flexibility index (Phi) is 5.02. The van der Waals surface area contributed by atoms with E-state index in [-0.39, 0.29) is 5.91 Å². The summed E-state index contributed by atoms with van der Waals surface area (Å²) in [5.74, 6) is 0.505. The van der Waals surface area contributed by atoms with E-state index < -0.39 is 0 Å². The van der Waals surface area contributed by atoms with Crippen molar-refractivity contribution in [3.63, 3.8) is 0 Å². The Morgan fingerprint density at radius 1 is 1.55 bits per heavy atom. The third kappa shape index (κ3) is 3.72. The molecule has 0 aromatic heterocycles. The van der Waals surface area contributed by atoms with Gasteiger partial charge in [0.05, 0.1) is 6.54 Å². The van der Waals surface area contributed by atoms with Crippen LogP contribution in [0.3, 0.4) is 0 Å². The van der Waals surface area contributed by atoms with E-state index in [1.165, 1.54) is 0 Å². The van der Waals surface area contributed by atoms with Gasteiger partial charge in [0.2, 0.25) is 5.91 Å². The fourth-order valence-electron chi connectivity index (χ4n) is 2.71. The zero-order valence-corrected chi connectivity index (χ0v) is 12.8. The van der Waals surface area contributed by atoms with Gasteiger partial charge in [-0.05, 0) is 50.4 Å². The first-order chi connectivity index (χ1) is 9.49. The van der Waals surface area contributed by atoms with Gasteiger partial charge in [0.25, 0.3) is 0 Å². The molecule has 1 fully saturated rings. The fourth-order valence-corrected chi connectivity index (χ4v) is 2.88. The molecule has 1 aromatic carbocycles. The molecule has 0 spiro atoms. The van der Waals surface area contributed by atoms with Crippen LogP contribution in [0, 0.1) is 12.8 Å². The largest absolute Gasteiger partial charge is 0.330 e. The van der Waals surface area contributed by atoms with Gasteiger partial charge in [-0.2, -0.15) is 0 Å². The molecule has 1 saturated heterocycles. The maximum absolute atomic E-state index is 12.1. The Balaban J connectivity index is 1.94. The minimum absolute atomic E-state index is 0.000104. The number of hydrogen-bond donors (Lipinski definition) is 2. The predicted molar refractivity (Wildman–Crippen MR) is 83.0 cm³/mol. The standard InChI is InChI=1S/C15H22ClN3O/c1-10-3-4-13(16)6-14(10)18-15(20)9-19-8-12(7-17)5-11(19)2/h3-4,6,11-12H,5,7-9,17H2,1-2H3,(H,18,20). The molecule has 0 radical (unpaired) electrons. The van der Waals surface area contributed by atoms with Gasteiger partial charge in [0.15, 0.2) is 0 Å². The predicted octanol–water partition coefficient (Wildman–Crippen LogP) is 2.26. The van der Waals surface area contributed by atoms with E-state index in [1.54, 1.807) is 6.07 Å². The van der Waals surface area contributed by atoms with Crippen molar-refractivity contribution in [3.8, 4) is 0 Å². The molecule has 1 amide bonds. The van der Waals surface area contributed by atoms with E-state index in [2.05, 4.69) is 17.1 Å². The molecule has 0 bridgehead atoms. The second kappa shape index (κ2) is 6.57. The summed E-state index contributed by atoms with van der Waals surface area (Å²) >= 11 is 5.96. The third-order valence-corrected chi connectivity index (χ3v) is 4.18. The lowest BCUT2D eigenvalue weighted by Gasteiger charge is -2.20. The van der Waals surface area contributed by atoms with Gasteiger partial charge in [0, 0.05) is 23.3 Å². The zero-order valence-electron chi connectivity index (χ0n) is 12.0. The van der Waals surface area contributed by atoms with Crippen LogP contribution in [0.1, 0.15) is 18.9 Å². The highest BCUT2D eigenvalue weighted by Gasteiger charge is 2.29. The highest BCUT2D eigenvalue weighted by Crippen LogP contribution is 2.23. The van der Waals surface area contributed by atoms with Crippen molar-refractivity contribution in [2.75, 3.05) is 25.0 Å². The van der Waals surface area contributed by atoms with Gasteiger partial charge in [-0.25, -0.2) is 0 Å². The summed E-state index contributed by atoms with van der Waals surface area (Å²) < 4.78 is 0. The van der Waals surface area contributed by atoms with Crippen molar-refractivity contribution in [1.82, 2.24) is 4.90 Å². The minimum atomic E-state index is -0.000104. The number of benzene rings is 1. The Morgan fingerprint density at radius 2 is 2.30 bits per heavy atom. The average Bonchev–Trinajstić information content (AvgIpc) is 2.74. The molecule has 1 aromatic rings. The smallest absolute Gasteiger partial charge is 0.238 e. The van der Waals surface area contributed by atoms with Gasteiger partial charge in [-0.1, -0.05) is 17.7 Å². The van der Waals surface area contributed by atoms with Crippen molar-refractivity contribution in [2.24, 2.45) is 11.7 Å². The highest BCUT2D eigenvalue weighted by molar-refractivity contribution is 6.31. The number of nitrogens with two attached hydrogens (primary N) is 1. The minimum Gasteiger partial charge on any atom is -0.330 e. The Bertz CT molecular complexity index is 492. The first-order valence-electron chi connectivity index (χ1n) is 6.99. The number of carbonyl (C=O) groups excluding carboxylic acids is 1. The molecule has 2 rings (SSSR count). The van der Waals surface area contributed by atoms with Gasteiger partial charge in [-0.15, -0.1) is 0 Å². The Labute approximate surface area is 125 Å². The molecule has 2 unspecified atom stereocenters. The first-order valence-corrected chi connectivity index (χ1v) is 7.37. The van der Waals surface area contributed by atoms with Crippen LogP contribution in [-0.4, -0.2) is 36.5 Å². The summed E-state index contributed by atoms with van der Waals surface area (Å²) in [6, 6.07) is 5.92. The molecule has 20 heavy (non-hydrogen) atoms. The SMILES string of the molecule is Cc1ccc(Cl)cc1NC(=O)CN1CC(CN)CC1C. The van der Waals surface area contributed by atoms with Crippen molar-refractivity contribution in [2.45, 2.75) is 26.3 Å². The number of nitrogens with one attached hydrogen (secondary N) is 1. The van der Waals surface area contributed by atoms with E-state index >= 15 is 0 Å². The number of carbonyl (C=O) groups is 1. The van der Waals surface area contributed by atoms with Gasteiger partial charge in [0.1, 0.15) is 0 Å². The van der Waals surface area contributed by atoms with Crippen molar-refractivity contribution in [1.29, 1.82) is 0 Å². The Hall–Kier alpha value is -1.10. The normalized spacial score (nSPS) is 23.0. The third-order valence-electron chi connectivity index (χ3n) is 3.94. The highest BCUT2D eigenvalue weighted by atomic mass is 35.5. The van der Waals surface area contributed by atoms with E-state index in [0.717, 1.165) is 24.2 Å². The zero-order chi connectivity index (χ0) is 14.7. The quantitative estimate of drug-likeness (QED) is 0.896. The molecule has 1 heterocycles. The molecule has 3 N–H and O–H groups in total. The van der Waals surface area contributed by atoms with Crippen LogP contribution in [0.2, 0.25) is 5.02 Å². The van der Waals surface area contributed by atoms with E-state index in [9.17, 15) is 4.79 Å². The summed E-state index contributed by atoms with van der Waals surface area (Å²) in [7, 11) is 0. The number of hydrogen-bond acceptors (Lipinski definition) is 3. The molecule has 5 heteroatoms. The lowest BCUT2D eigenvalue weighted by Crippen LogP contribution is -2.36. The monoisotopic (exact) mass is 295 g/mol. The summed E-state index contributed by atoms with van der Waals surface area (Å²) in [6.07, 6.45) is 1.07. The van der Waals surface area contributed by atoms with Crippen LogP contribution in [0.15, 0.2) is 18.2 Å². The number of amides is 1. The number of rotatable bonds is 4. The van der Waals surface area contributed by atoms with Crippen LogP contribution >= 0.6 is 11.6 Å². The molecular formula is C15H22ClN3O. The number of likely N-dealkylation sites (tertiary alicyclic amines) is 1. The van der Waals surface area contributed by atoms with E-state index in [4.69, 9.17) is 17.3 Å². The lowest BCUT2D eigenvalue weighted by atomic mass is 10.1. The molecule has 4 nitrogen and oxygen atoms in total. The maximum Gasteiger partial charge on any atom is 0.238 e. The van der Waals surface area contributed by atoms with Crippen LogP contribution < -0.4 is 11.1 Å². The van der Waals surface area contributed by atoms with Crippen molar-refractivity contribution in [3.05, 3.63) is 28.8 Å². The molecule has 1 aliphatic heterocycles. The van der Waals surface area contributed by atoms with E-state index in [0.29, 0.717) is 30.1 Å². The van der Waals surface area contributed by atoms with Crippen molar-refractivity contribution >= 4 is 23.2 Å². The van der Waals surface area contributed by atoms with Crippen LogP contribution in [0.5, 0.6) is 0 Å². The van der Waals surface area contributed by atoms with Crippen LogP contribution in [0.25, 0.3) is 0 Å². The molecule has 0 saturated carbocycles. The second-order valence-electron chi connectivity index (χ2n) is 5.62. The number of nitrogens with zero attached hydrogens (tertiary/aromatic N) is 1. The number of aryl methyl sites for hydroxylation is 1. The number of anilines is 1. The fraction of sp³-hybridized carbons (Fsp3) is 0.533. The summed E-state index contributed by atoms with van der Waals surface area (Å²) in [4.78, 5) is 14.3. The molecule has 110 valence electrons. The molecule has 2 atom stereocenters. The summed E-state index contributed by atoms with van der Waals surface area (Å²) in [5.41, 5.74) is 7.50. The van der Waals surface area contributed by atoms with Gasteiger partial charge < -0.3 is 11.1 Å². The molecule has 0 aliphatic carbocycles. The summed E-state index contributed by atoms with van der Waals surface area (Å²) in [6.45, 7) is 6.10. The van der Waals surface area contributed by atoms with Crippen molar-refractivity contribution < 1.29 is 4.79 Å². The van der Waals surface area contributed by atoms with E-state index in [1.807, 2.05) is 19.1 Å². The summed E-state index contributed by atoms with van der Waals surface area (Å²) in [5, 5.41) is 3.56. The van der Waals surface area contributed by atoms with Gasteiger partial charge in [-0.3, -0.25) is 9.69 Å². The van der Waals surface area contributed by atoms with Crippen LogP contribution in [0.4, 0.5) is 5.69 Å². The topological polar surface area (TPSA) is 58.4 Å². The maximum atomic E-state index is 12.1. The Morgan fingerprint density at radius 3 is 2.95 bits per heavy atom. The molecule has 1 aliphatic rings. The average molecular weight is 296 g/mol. The second-order valence-corrected chi connectivity index (χ2v) is 6.06. The molecular weight excluding hydrogens is 274 g/mol. The lowest BCUT2D eigenvalue weighted by molar-refractivity contribution is -0.117. The van der Waals surface area contributed by atoms with Crippen LogP contribution in [-0.2, 0) is 4.79 Å². The first kappa shape index (κ1) is 15.3. The van der Waals surface area contributed by atoms with Gasteiger partial charge >= 0.3 is 0 Å².